The topological polar surface area (TPSA) is 1780 Å². The van der Waals surface area contributed by atoms with Gasteiger partial charge in [0.2, 0.25) is 0 Å². The molecule has 0 aliphatic heterocycles. The van der Waals surface area contributed by atoms with Crippen molar-refractivity contribution in [1.82, 2.24) is 0 Å². The Kier molecular flexibility index (Phi) is 3790. The van der Waals surface area contributed by atoms with E-state index >= 15 is 0 Å². The van der Waals surface area contributed by atoms with E-state index < -0.39 is 31.3 Å². The maximum Gasteiger partial charge on any atom is 0.124 e. The molecule has 0 amide bonds. The Hall–Kier alpha value is 5.32. The molecule has 0 aromatic carbocycles. The molecule has 0 aromatic heterocycles. The Morgan fingerprint density at radius 2 is 0.222 bits per heavy atom. The maximum atomic E-state index is 8.66. The molecule has 52 N–H and O–H groups in total. The fraction of sp³-hybridized carbons (Fsp3) is 1.00. The van der Waals surface area contributed by atoms with Gasteiger partial charge in [0.25, 0.3) is 0 Å². The van der Waals surface area contributed by atoms with Gasteiger partial charge < -0.3 is 353 Å². The van der Waals surface area contributed by atoms with Crippen LogP contribution in [0, 0.1) is 0 Å². The molecule has 66 nitrogen and oxygen atoms in total. The van der Waals surface area contributed by atoms with Crippen molar-refractivity contribution in [3.8, 4) is 0 Å². The molecule has 0 fully saturated rings. The van der Waals surface area contributed by atoms with Crippen LogP contribution in [-0.4, -0.2) is 140 Å². The molecule has 0 aromatic rings. The first-order valence-electron chi connectivity index (χ1n) is 10.3. The largest absolute Gasteiger partial charge is 2.00 e. The predicted molar refractivity (Wildman–Crippen MR) is 176 cm³/mol. The second-order valence-electron chi connectivity index (χ2n) is 5.28. The van der Waals surface area contributed by atoms with Crippen LogP contribution in [0.4, 0.5) is 0 Å². The van der Waals surface area contributed by atoms with Gasteiger partial charge in [-0.3, -0.25) is 0 Å². The summed E-state index contributed by atoms with van der Waals surface area (Å²) in [7, 11) is -20.6. The molecule has 0 aliphatic carbocycles. The van der Waals surface area contributed by atoms with Gasteiger partial charge in [-0.2, -0.15) is 0 Å². The Morgan fingerprint density at radius 3 is 0.222 bits per heavy atom. The summed E-state index contributed by atoms with van der Waals surface area (Å²) in [5, 5.41) is 0. The van der Waals surface area contributed by atoms with Crippen LogP contribution in [0.25, 0.3) is 0 Å². The van der Waals surface area contributed by atoms with E-state index in [2.05, 4.69) is 45.9 Å². The maximum absolute atomic E-state index is 8.66. The van der Waals surface area contributed by atoms with E-state index in [1.165, 1.54) is 0 Å². The first-order valence-corrected chi connectivity index (χ1v) is 16.3. The van der Waals surface area contributed by atoms with Gasteiger partial charge in [-0.15, -0.1) is 0 Å². The van der Waals surface area contributed by atoms with E-state index in [1.54, 1.807) is 0 Å². The smallest absolute Gasteiger partial charge is 0.124 e. The standard InChI is InChI=1S/5C2H8N2.10Mo.4H3O4P.10H2O.30O/c5*3-1-2-4;;;;;;;;;;;4*1-5(2,3)4;;;;;;;;;;;;;;;;;;;;;;;;;;;;;;;;;;;;;;;;/h5*1-4H2;;;;;;;;;;;4*(H3,1,2,3,4);10*1H2;;;;;;;;;;;;;;;;;;;;;;;;;;;;;;/q;;;;;;;;;;;;;;;;;;;;;;;;;;;;;30*-2. The SMILES string of the molecule is NCC[NH3+].NCC[NH3+].O.O.O.O.O.O.O.O.O.O.O=P([O-])([O-])O.O=P([O-])([O-])O.O=P([O-])([O-])O.O=P([O-])([O-])O.[Mo].[Mo].[Mo].[Mo].[Mo].[Mo].[Mo].[Mo].[Mo].[Mo].[NH3+]CC[NH3+].[NH3+]CC[NH3+].[NH3+]CC[NH3+].[O-2].[O-2].[O-2].[O-2].[O-2].[O-2].[O-2].[O-2].[O-2].[O-2].[O-2].[O-2].[O-2].[O-2].[O-2].[O-2].[O-2].[O-2].[O-2].[O-2].[O-2].[O-2].[O-2].[O-2].[O-2].[O-2].[O-2].[O-2].[O-2].[O-2]. The molecule has 0 radical (unpaired) electrons. The molecule has 638 valence electrons. The molecule has 0 saturated heterocycles. The number of nitrogens with two attached hydrogens (primary N) is 2. The summed E-state index contributed by atoms with van der Waals surface area (Å²) in [6, 6.07) is 0. The van der Waals surface area contributed by atoms with Gasteiger partial charge in [0.05, 0.1) is 44.4 Å². The van der Waals surface area contributed by atoms with E-state index in [9.17, 15) is 0 Å². The average Bonchev–Trinajstić information content (AvgIpc) is 2.75. The minimum absolute atomic E-state index is 0. The summed E-state index contributed by atoms with van der Waals surface area (Å²) in [5.41, 5.74) is 38.1. The molecule has 90 heavy (non-hydrogen) atoms. The number of rotatable bonds is 5. The van der Waals surface area contributed by atoms with Crippen LogP contribution in [0.15, 0.2) is 0 Å². The number of hydrogen-bond acceptors (Lipinski definition) is 14. The van der Waals surface area contributed by atoms with Crippen LogP contribution in [0.5, 0.6) is 0 Å². The molecule has 0 unspecified atom stereocenters. The quantitative estimate of drug-likeness (QED) is 0.0898. The van der Waals surface area contributed by atoms with Crippen LogP contribution in [-0.2, 0) is 393 Å². The molecular formula is C10H72Mo10N10O56P4-60. The van der Waals surface area contributed by atoms with E-state index in [0.717, 1.165) is 52.4 Å². The van der Waals surface area contributed by atoms with Gasteiger partial charge in [-0.05, 0) is 0 Å². The Bertz CT molecular complexity index is 522. The second-order valence-corrected chi connectivity index (χ2v) is 9.03. The van der Waals surface area contributed by atoms with Crippen molar-refractivity contribution in [1.29, 1.82) is 0 Å². The monoisotopic (exact) mass is 2330 g/mol. The zero-order chi connectivity index (χ0) is 35.1. The van der Waals surface area contributed by atoms with Crippen LogP contribution in [0.1, 0.15) is 0 Å². The van der Waals surface area contributed by atoms with Crippen LogP contribution < -0.4 is 96.5 Å². The van der Waals surface area contributed by atoms with Crippen molar-refractivity contribution >= 4 is 31.3 Å². The van der Waals surface area contributed by atoms with Crippen LogP contribution >= 0.6 is 31.3 Å². The van der Waals surface area contributed by atoms with Gasteiger partial charge in [0.15, 0.2) is 0 Å². The van der Waals surface area contributed by atoms with Crippen LogP contribution in [0.2, 0.25) is 0 Å². The molecule has 80 heteroatoms. The minimum Gasteiger partial charge on any atom is -2.00 e. The summed E-state index contributed by atoms with van der Waals surface area (Å²) in [5.74, 6) is 0. The summed E-state index contributed by atoms with van der Waals surface area (Å²) in [6.07, 6.45) is 0. The Morgan fingerprint density at radius 1 is 0.200 bits per heavy atom. The normalized spacial score (nSPS) is 4.29. The number of phosphoric acid groups is 4. The van der Waals surface area contributed by atoms with Gasteiger partial charge in [-0.1, -0.05) is 0 Å². The first-order chi connectivity index (χ1) is 17.6. The molecule has 0 rings (SSSR count). The van der Waals surface area contributed by atoms with Gasteiger partial charge in [0, 0.05) is 224 Å². The Labute approximate surface area is 654 Å². The molecule has 0 atom stereocenters. The molecule has 0 saturated carbocycles. The van der Waals surface area contributed by atoms with E-state index in [1.807, 2.05) is 0 Å². The summed E-state index contributed by atoms with van der Waals surface area (Å²) in [4.78, 5) is 97.1. The van der Waals surface area contributed by atoms with Gasteiger partial charge in [-0.25, -0.2) is 0 Å². The van der Waals surface area contributed by atoms with Crippen LogP contribution in [0.3, 0.4) is 0 Å². The van der Waals surface area contributed by atoms with Crippen molar-refractivity contribution in [2.75, 3.05) is 65.4 Å². The molecule has 0 bridgehead atoms. The van der Waals surface area contributed by atoms with Crippen molar-refractivity contribution in [3.05, 3.63) is 0 Å². The van der Waals surface area contributed by atoms with E-state index in [0.29, 0.717) is 13.1 Å². The fourth-order valence-corrected chi connectivity index (χ4v) is 0. The van der Waals surface area contributed by atoms with Crippen molar-refractivity contribution in [3.63, 3.8) is 0 Å². The third-order valence-electron chi connectivity index (χ3n) is 1.16. The minimum atomic E-state index is -5.14. The number of hydrogen-bond donors (Lipinski definition) is 14. The molecule has 0 heterocycles. The van der Waals surface area contributed by atoms with Crippen molar-refractivity contribution in [2.45, 2.75) is 0 Å². The first kappa shape index (κ1) is 643. The van der Waals surface area contributed by atoms with E-state index in [4.69, 9.17) is 88.4 Å². The van der Waals surface area contributed by atoms with Gasteiger partial charge in [0.1, 0.15) is 39.3 Å². The number of quaternary nitrogens is 8. The zero-order valence-electron chi connectivity index (χ0n) is 43.7. The second kappa shape index (κ2) is 531. The molecular weight excluding hydrogens is 2240 g/mol. The molecule has 0 aliphatic rings. The predicted octanol–water partition coefficient (Wildman–Crippen LogP) is -31.8. The van der Waals surface area contributed by atoms with E-state index in [-0.39, 0.29) is 430 Å². The summed E-state index contributed by atoms with van der Waals surface area (Å²) >= 11 is 0. The van der Waals surface area contributed by atoms with Crippen molar-refractivity contribution in [2.24, 2.45) is 11.5 Å². The van der Waals surface area contributed by atoms with Crippen molar-refractivity contribution < 1.29 is 553 Å². The summed E-state index contributed by atoms with van der Waals surface area (Å²) in [6.45, 7) is 8.86. The average molecular weight is 2310 g/mol. The zero-order valence-corrected chi connectivity index (χ0v) is 67.3. The third kappa shape index (κ3) is 7460. The summed E-state index contributed by atoms with van der Waals surface area (Å²) < 4.78 is 34.6. The fourth-order valence-electron chi connectivity index (χ4n) is 0. The third-order valence-corrected chi connectivity index (χ3v) is 1.16. The molecule has 0 spiro atoms. The van der Waals surface area contributed by atoms with Gasteiger partial charge >= 0.3 is 0 Å². The Balaban J connectivity index is -0.00000000197.